The zero-order chi connectivity index (χ0) is 28.4. The summed E-state index contributed by atoms with van der Waals surface area (Å²) in [6, 6.07) is 19.8. The number of rotatable bonds is 4. The monoisotopic (exact) mass is 543 g/mol. The van der Waals surface area contributed by atoms with E-state index in [4.69, 9.17) is 5.73 Å². The maximum Gasteiger partial charge on any atom is 0.255 e. The van der Waals surface area contributed by atoms with E-state index in [2.05, 4.69) is 34.3 Å². The summed E-state index contributed by atoms with van der Waals surface area (Å²) in [7, 11) is 0. The highest BCUT2D eigenvalue weighted by atomic mass is 16.2. The normalized spacial score (nSPS) is 15.5. The van der Waals surface area contributed by atoms with Crippen molar-refractivity contribution in [3.05, 3.63) is 89.0 Å². The van der Waals surface area contributed by atoms with Crippen molar-refractivity contribution < 1.29 is 9.59 Å². The molecule has 5 rings (SSSR count). The molecule has 0 heterocycles. The fourth-order valence-electron chi connectivity index (χ4n) is 5.53. The molecule has 3 aromatic rings. The van der Waals surface area contributed by atoms with E-state index in [1.807, 2.05) is 48.5 Å². The molecule has 4 N–H and O–H groups in total. The summed E-state index contributed by atoms with van der Waals surface area (Å²) in [6.07, 6.45) is 12.2. The summed E-state index contributed by atoms with van der Waals surface area (Å²) in [5.74, 6) is 13.5. The average Bonchev–Trinajstić information content (AvgIpc) is 3.00. The molecule has 5 heteroatoms. The van der Waals surface area contributed by atoms with Crippen LogP contribution in [0.15, 0.2) is 66.7 Å². The lowest BCUT2D eigenvalue weighted by molar-refractivity contribution is 0.102. The Morgan fingerprint density at radius 3 is 1.49 bits per heavy atom. The fourth-order valence-corrected chi connectivity index (χ4v) is 5.53. The quantitative estimate of drug-likeness (QED) is 0.234. The van der Waals surface area contributed by atoms with Crippen LogP contribution >= 0.6 is 0 Å². The van der Waals surface area contributed by atoms with Gasteiger partial charge in [-0.25, -0.2) is 0 Å². The predicted molar refractivity (Wildman–Crippen MR) is 167 cm³/mol. The number of hydrogen-bond donors (Lipinski definition) is 3. The van der Waals surface area contributed by atoms with Gasteiger partial charge in [-0.2, -0.15) is 0 Å². The van der Waals surface area contributed by atoms with Crippen molar-refractivity contribution in [2.24, 2.45) is 11.8 Å². The Morgan fingerprint density at radius 1 is 0.610 bits per heavy atom. The summed E-state index contributed by atoms with van der Waals surface area (Å²) in [6.45, 7) is 0. The van der Waals surface area contributed by atoms with Gasteiger partial charge in [-0.1, -0.05) is 74.3 Å². The lowest BCUT2D eigenvalue weighted by Crippen LogP contribution is -2.16. The van der Waals surface area contributed by atoms with Gasteiger partial charge >= 0.3 is 0 Å². The summed E-state index contributed by atoms with van der Waals surface area (Å²) in [5, 5.41) is 5.84. The third-order valence-electron chi connectivity index (χ3n) is 7.77. The Balaban J connectivity index is 1.24. The van der Waals surface area contributed by atoms with Gasteiger partial charge in [0.05, 0.1) is 0 Å². The van der Waals surface area contributed by atoms with Gasteiger partial charge in [0, 0.05) is 51.2 Å². The van der Waals surface area contributed by atoms with E-state index in [1.165, 1.54) is 38.5 Å². The first-order chi connectivity index (χ1) is 20.0. The molecule has 2 amide bonds. The van der Waals surface area contributed by atoms with Crippen molar-refractivity contribution in [1.82, 2.24) is 0 Å². The maximum atomic E-state index is 13.1. The number of amides is 2. The van der Waals surface area contributed by atoms with Crippen molar-refractivity contribution in [3.8, 4) is 23.7 Å². The van der Waals surface area contributed by atoms with Gasteiger partial charge in [0.1, 0.15) is 0 Å². The molecule has 2 fully saturated rings. The summed E-state index contributed by atoms with van der Waals surface area (Å²) in [4.78, 5) is 26.2. The first-order valence-corrected chi connectivity index (χ1v) is 14.8. The van der Waals surface area contributed by atoms with E-state index in [0.717, 1.165) is 36.8 Å². The van der Waals surface area contributed by atoms with Crippen molar-refractivity contribution >= 4 is 28.9 Å². The van der Waals surface area contributed by atoms with Crippen molar-refractivity contribution in [2.45, 2.75) is 64.2 Å². The Bertz CT molecular complexity index is 1410. The molecule has 208 valence electrons. The van der Waals surface area contributed by atoms with Crippen LogP contribution in [0.2, 0.25) is 0 Å². The first-order valence-electron chi connectivity index (χ1n) is 14.8. The number of nitrogen functional groups attached to an aromatic ring is 1. The number of benzene rings is 3. The highest BCUT2D eigenvalue weighted by Crippen LogP contribution is 2.24. The SMILES string of the molecule is Nc1cc(C(=O)Nc2cccc(C#CC3CCCCC3)c2)cc(C(=O)Nc2cccc(C#CC3CCCCC3)c2)c1. The lowest BCUT2D eigenvalue weighted by Gasteiger charge is -2.15. The van der Waals surface area contributed by atoms with E-state index in [9.17, 15) is 9.59 Å². The molecule has 0 aliphatic heterocycles. The van der Waals surface area contributed by atoms with Crippen molar-refractivity contribution in [1.29, 1.82) is 0 Å². The van der Waals surface area contributed by atoms with E-state index in [1.54, 1.807) is 18.2 Å². The molecule has 0 saturated heterocycles. The Kier molecular flexibility index (Phi) is 9.40. The highest BCUT2D eigenvalue weighted by Gasteiger charge is 2.14. The fraction of sp³-hybridized carbons (Fsp3) is 0.333. The number of hydrogen-bond acceptors (Lipinski definition) is 3. The van der Waals surface area contributed by atoms with E-state index >= 15 is 0 Å². The second-order valence-electron chi connectivity index (χ2n) is 11.1. The van der Waals surface area contributed by atoms with Crippen LogP contribution in [0.1, 0.15) is 96.1 Å². The van der Waals surface area contributed by atoms with Gasteiger partial charge in [0.15, 0.2) is 0 Å². The predicted octanol–water partition coefficient (Wildman–Crippen LogP) is 7.64. The molecule has 2 saturated carbocycles. The molecule has 0 atom stereocenters. The number of carbonyl (C=O) groups excluding carboxylic acids is 2. The van der Waals surface area contributed by atoms with Gasteiger partial charge in [0.2, 0.25) is 0 Å². The van der Waals surface area contributed by atoms with E-state index in [0.29, 0.717) is 40.0 Å². The standard InChI is InChI=1S/C36H37N3O2/c37-32-24-30(35(40)38-33-15-7-13-28(21-33)19-17-26-9-3-1-4-10-26)23-31(25-32)36(41)39-34-16-8-14-29(22-34)20-18-27-11-5-2-6-12-27/h7-8,13-16,21-27H,1-6,9-12,37H2,(H,38,40)(H,39,41). The van der Waals surface area contributed by atoms with Crippen LogP contribution < -0.4 is 16.4 Å². The zero-order valence-electron chi connectivity index (χ0n) is 23.5. The molecule has 0 aromatic heterocycles. The molecule has 0 spiro atoms. The van der Waals surface area contributed by atoms with Crippen LogP contribution in [-0.4, -0.2) is 11.8 Å². The van der Waals surface area contributed by atoms with Crippen molar-refractivity contribution in [3.63, 3.8) is 0 Å². The Labute approximate surface area is 243 Å². The average molecular weight is 544 g/mol. The molecule has 2 aliphatic rings. The van der Waals surface area contributed by atoms with Gasteiger partial charge < -0.3 is 16.4 Å². The molecular weight excluding hydrogens is 506 g/mol. The summed E-state index contributed by atoms with van der Waals surface area (Å²) in [5.41, 5.74) is 10.1. The first kappa shape index (κ1) is 28.1. The smallest absolute Gasteiger partial charge is 0.255 e. The number of nitrogens with one attached hydrogen (secondary N) is 2. The number of anilines is 3. The third-order valence-corrected chi connectivity index (χ3v) is 7.77. The van der Waals surface area contributed by atoms with Gasteiger partial charge in [-0.15, -0.1) is 0 Å². The minimum absolute atomic E-state index is 0.306. The maximum absolute atomic E-state index is 13.1. The van der Waals surface area contributed by atoms with Crippen molar-refractivity contribution in [2.75, 3.05) is 16.4 Å². The largest absolute Gasteiger partial charge is 0.399 e. The molecule has 2 aliphatic carbocycles. The van der Waals surface area contributed by atoms with E-state index in [-0.39, 0.29) is 11.8 Å². The number of nitrogens with two attached hydrogens (primary N) is 1. The van der Waals surface area contributed by atoms with Gasteiger partial charge in [-0.3, -0.25) is 9.59 Å². The summed E-state index contributed by atoms with van der Waals surface area (Å²) >= 11 is 0. The topological polar surface area (TPSA) is 84.2 Å². The minimum Gasteiger partial charge on any atom is -0.399 e. The lowest BCUT2D eigenvalue weighted by atomic mass is 9.90. The molecule has 0 unspecified atom stereocenters. The number of carbonyl (C=O) groups is 2. The molecular formula is C36H37N3O2. The Morgan fingerprint density at radius 2 is 1.05 bits per heavy atom. The second-order valence-corrected chi connectivity index (χ2v) is 11.1. The third kappa shape index (κ3) is 8.26. The van der Waals surface area contributed by atoms with Gasteiger partial charge in [0.25, 0.3) is 11.8 Å². The van der Waals surface area contributed by atoms with Crippen LogP contribution in [0.3, 0.4) is 0 Å². The van der Waals surface area contributed by atoms with Crippen LogP contribution in [-0.2, 0) is 0 Å². The molecule has 0 radical (unpaired) electrons. The highest BCUT2D eigenvalue weighted by molar-refractivity contribution is 6.09. The van der Waals surface area contributed by atoms with Crippen LogP contribution in [0.4, 0.5) is 17.1 Å². The van der Waals surface area contributed by atoms with Crippen LogP contribution in [0.25, 0.3) is 0 Å². The Hall–Kier alpha value is -4.48. The second kappa shape index (κ2) is 13.7. The summed E-state index contributed by atoms with van der Waals surface area (Å²) < 4.78 is 0. The van der Waals surface area contributed by atoms with Crippen LogP contribution in [0.5, 0.6) is 0 Å². The molecule has 41 heavy (non-hydrogen) atoms. The van der Waals surface area contributed by atoms with E-state index < -0.39 is 0 Å². The molecule has 5 nitrogen and oxygen atoms in total. The zero-order valence-corrected chi connectivity index (χ0v) is 23.5. The minimum atomic E-state index is -0.344. The molecule has 3 aromatic carbocycles. The molecule has 0 bridgehead atoms. The van der Waals surface area contributed by atoms with Gasteiger partial charge in [-0.05, 0) is 80.3 Å². The van der Waals surface area contributed by atoms with Crippen LogP contribution in [0, 0.1) is 35.5 Å².